The van der Waals surface area contributed by atoms with Gasteiger partial charge in [0, 0.05) is 18.7 Å². The molecule has 19 heavy (non-hydrogen) atoms. The number of hydrogen-bond acceptors (Lipinski definition) is 4. The van der Waals surface area contributed by atoms with Gasteiger partial charge in [0.2, 0.25) is 0 Å². The monoisotopic (exact) mass is 283 g/mol. The normalized spacial score (nSPS) is 21.5. The third-order valence-corrected chi connectivity index (χ3v) is 3.54. The first-order valence-corrected chi connectivity index (χ1v) is 7.06. The van der Waals surface area contributed by atoms with E-state index in [1.807, 2.05) is 0 Å². The van der Waals surface area contributed by atoms with Gasteiger partial charge in [-0.1, -0.05) is 18.5 Å². The second kappa shape index (κ2) is 4.91. The Morgan fingerprint density at radius 1 is 1.21 bits per heavy atom. The van der Waals surface area contributed by atoms with Crippen molar-refractivity contribution in [3.63, 3.8) is 0 Å². The van der Waals surface area contributed by atoms with Gasteiger partial charge >= 0.3 is 0 Å². The Morgan fingerprint density at radius 2 is 1.79 bits per heavy atom. The van der Waals surface area contributed by atoms with Crippen LogP contribution in [-0.2, 0) is 11.2 Å². The highest BCUT2D eigenvalue weighted by molar-refractivity contribution is 6.30. The molecule has 1 aliphatic rings. The first kappa shape index (κ1) is 14.5. The molecule has 1 aromatic heterocycles. The number of hydrogen-bond donors (Lipinski definition) is 0. The quantitative estimate of drug-likeness (QED) is 0.782. The molecule has 1 saturated heterocycles. The second-order valence-corrected chi connectivity index (χ2v) is 6.66. The van der Waals surface area contributed by atoms with Crippen LogP contribution in [0.25, 0.3) is 0 Å². The Morgan fingerprint density at radius 3 is 2.32 bits per heavy atom. The van der Waals surface area contributed by atoms with Crippen LogP contribution in [0, 0.1) is 0 Å². The van der Waals surface area contributed by atoms with Gasteiger partial charge in [0.05, 0.1) is 11.2 Å². The van der Waals surface area contributed by atoms with E-state index >= 15 is 0 Å². The minimum atomic E-state index is -0.204. The van der Waals surface area contributed by atoms with Gasteiger partial charge in [-0.15, -0.1) is 0 Å². The van der Waals surface area contributed by atoms with Crippen molar-refractivity contribution in [2.24, 2.45) is 0 Å². The summed E-state index contributed by atoms with van der Waals surface area (Å²) < 4.78 is 6.10. The number of aromatic nitrogens is 2. The molecule has 0 saturated carbocycles. The van der Waals surface area contributed by atoms with Crippen molar-refractivity contribution in [1.82, 2.24) is 9.97 Å². The Bertz CT molecular complexity index is 458. The van der Waals surface area contributed by atoms with Gasteiger partial charge in [0.1, 0.15) is 17.3 Å². The van der Waals surface area contributed by atoms with Crippen LogP contribution in [0.5, 0.6) is 0 Å². The minimum absolute atomic E-state index is 0.204. The van der Waals surface area contributed by atoms with E-state index in [9.17, 15) is 0 Å². The molecule has 1 fully saturated rings. The lowest BCUT2D eigenvalue weighted by atomic mass is 9.98. The Labute approximate surface area is 120 Å². The second-order valence-electron chi connectivity index (χ2n) is 6.30. The van der Waals surface area contributed by atoms with Crippen LogP contribution in [0.4, 0.5) is 5.82 Å². The fraction of sp³-hybridized carbons (Fsp3) is 0.714. The summed E-state index contributed by atoms with van der Waals surface area (Å²) in [5, 5.41) is 0.551. The maximum atomic E-state index is 6.18. The van der Waals surface area contributed by atoms with Crippen LogP contribution >= 0.6 is 11.6 Å². The molecule has 0 unspecified atom stereocenters. The molecule has 1 aromatic rings. The molecule has 2 rings (SSSR count). The summed E-state index contributed by atoms with van der Waals surface area (Å²) >= 11 is 6.18. The number of nitrogens with zero attached hydrogens (tertiary/aromatic N) is 3. The molecule has 0 radical (unpaired) electrons. The van der Waals surface area contributed by atoms with E-state index in [-0.39, 0.29) is 11.2 Å². The van der Waals surface area contributed by atoms with E-state index in [4.69, 9.17) is 16.3 Å². The van der Waals surface area contributed by atoms with E-state index in [0.717, 1.165) is 30.9 Å². The van der Waals surface area contributed by atoms with Gasteiger partial charge in [-0.25, -0.2) is 9.97 Å². The number of morpholine rings is 1. The molecular weight excluding hydrogens is 262 g/mol. The highest BCUT2D eigenvalue weighted by atomic mass is 35.5. The molecule has 0 spiro atoms. The van der Waals surface area contributed by atoms with E-state index in [2.05, 4.69) is 49.5 Å². The average molecular weight is 284 g/mol. The van der Waals surface area contributed by atoms with Crippen LogP contribution < -0.4 is 4.90 Å². The summed E-state index contributed by atoms with van der Waals surface area (Å²) in [5.41, 5.74) is 0.603. The first-order chi connectivity index (χ1) is 8.74. The van der Waals surface area contributed by atoms with Gasteiger partial charge < -0.3 is 9.64 Å². The summed E-state index contributed by atoms with van der Waals surface area (Å²) in [6, 6.07) is 0. The lowest BCUT2D eigenvalue weighted by molar-refractivity contribution is -0.133. The molecule has 0 atom stereocenters. The van der Waals surface area contributed by atoms with Crippen LogP contribution in [0.2, 0.25) is 5.15 Å². The molecule has 0 aliphatic carbocycles. The van der Waals surface area contributed by atoms with Crippen molar-refractivity contribution in [3.05, 3.63) is 17.0 Å². The molecule has 4 nitrogen and oxygen atoms in total. The van der Waals surface area contributed by atoms with Crippen LogP contribution in [0.3, 0.4) is 0 Å². The molecule has 0 aromatic carbocycles. The summed E-state index contributed by atoms with van der Waals surface area (Å²) in [6.07, 6.45) is 2.36. The number of anilines is 1. The standard InChI is InChI=1S/C14H22ClN3O/c1-6-10-11(15)16-9-17-12(10)18-7-13(2,3)19-14(4,5)8-18/h9H,6-8H2,1-5H3. The van der Waals surface area contributed by atoms with Gasteiger partial charge in [-0.3, -0.25) is 0 Å². The Balaban J connectivity index is 2.39. The first-order valence-electron chi connectivity index (χ1n) is 6.68. The maximum absolute atomic E-state index is 6.18. The zero-order valence-corrected chi connectivity index (χ0v) is 13.1. The molecule has 2 heterocycles. The third-order valence-electron chi connectivity index (χ3n) is 3.22. The van der Waals surface area contributed by atoms with Crippen molar-refractivity contribution >= 4 is 17.4 Å². The largest absolute Gasteiger partial charge is 0.366 e. The van der Waals surface area contributed by atoms with Crippen molar-refractivity contribution in [3.8, 4) is 0 Å². The highest BCUT2D eigenvalue weighted by Gasteiger charge is 2.39. The summed E-state index contributed by atoms with van der Waals surface area (Å²) in [4.78, 5) is 10.8. The predicted molar refractivity (Wildman–Crippen MR) is 77.9 cm³/mol. The third kappa shape index (κ3) is 3.18. The van der Waals surface area contributed by atoms with Gasteiger partial charge in [0.25, 0.3) is 0 Å². The predicted octanol–water partition coefficient (Wildman–Crippen LogP) is 3.09. The highest BCUT2D eigenvalue weighted by Crippen LogP contribution is 2.33. The number of ether oxygens (including phenoxy) is 1. The molecule has 0 bridgehead atoms. The maximum Gasteiger partial charge on any atom is 0.137 e. The van der Waals surface area contributed by atoms with Gasteiger partial charge in [0.15, 0.2) is 0 Å². The lowest BCUT2D eigenvalue weighted by Gasteiger charge is -2.47. The van der Waals surface area contributed by atoms with Gasteiger partial charge in [-0.05, 0) is 34.1 Å². The fourth-order valence-electron chi connectivity index (χ4n) is 2.90. The molecule has 0 amide bonds. The molecule has 1 aliphatic heterocycles. The van der Waals surface area contributed by atoms with Crippen LogP contribution in [0.1, 0.15) is 40.2 Å². The van der Waals surface area contributed by atoms with Crippen molar-refractivity contribution in [2.45, 2.75) is 52.2 Å². The Hall–Kier alpha value is -0.870. The lowest BCUT2D eigenvalue weighted by Crippen LogP contribution is -2.57. The van der Waals surface area contributed by atoms with E-state index in [0.29, 0.717) is 5.15 Å². The molecule has 5 heteroatoms. The van der Waals surface area contributed by atoms with Crippen LogP contribution in [-0.4, -0.2) is 34.3 Å². The zero-order valence-electron chi connectivity index (χ0n) is 12.3. The van der Waals surface area contributed by atoms with E-state index in [1.165, 1.54) is 6.33 Å². The number of halogens is 1. The van der Waals surface area contributed by atoms with E-state index < -0.39 is 0 Å². The van der Waals surface area contributed by atoms with Crippen LogP contribution in [0.15, 0.2) is 6.33 Å². The van der Waals surface area contributed by atoms with Crippen molar-refractivity contribution < 1.29 is 4.74 Å². The molecular formula is C14H22ClN3O. The minimum Gasteiger partial charge on any atom is -0.366 e. The topological polar surface area (TPSA) is 38.2 Å². The summed E-state index contributed by atoms with van der Waals surface area (Å²) in [5.74, 6) is 0.937. The number of rotatable bonds is 2. The average Bonchev–Trinajstić information content (AvgIpc) is 2.24. The van der Waals surface area contributed by atoms with Crippen molar-refractivity contribution in [2.75, 3.05) is 18.0 Å². The molecule has 106 valence electrons. The Kier molecular flexibility index (Phi) is 3.76. The summed E-state index contributed by atoms with van der Waals surface area (Å²) in [6.45, 7) is 12.1. The van der Waals surface area contributed by atoms with Crippen molar-refractivity contribution in [1.29, 1.82) is 0 Å². The SMILES string of the molecule is CCc1c(Cl)ncnc1N1CC(C)(C)OC(C)(C)C1. The smallest absolute Gasteiger partial charge is 0.137 e. The zero-order chi connectivity index (χ0) is 14.3. The summed E-state index contributed by atoms with van der Waals surface area (Å²) in [7, 11) is 0. The molecule has 0 N–H and O–H groups in total. The van der Waals surface area contributed by atoms with E-state index in [1.54, 1.807) is 0 Å². The fourth-order valence-corrected chi connectivity index (χ4v) is 3.16. The van der Waals surface area contributed by atoms with Gasteiger partial charge in [-0.2, -0.15) is 0 Å².